The van der Waals surface area contributed by atoms with Crippen LogP contribution in [0.25, 0.3) is 0 Å². The molecule has 1 rings (SSSR count). The average molecular weight is 171 g/mol. The molecule has 2 N–H and O–H groups in total. The Balaban J connectivity index is 2.31. The fourth-order valence-electron chi connectivity index (χ4n) is 0.689. The van der Waals surface area contributed by atoms with Gasteiger partial charge in [-0.3, -0.25) is 4.79 Å². The van der Waals surface area contributed by atoms with Gasteiger partial charge in [-0.2, -0.15) is 0 Å². The number of aliphatic carboxylic acids is 1. The molecule has 0 atom stereocenters. The van der Waals surface area contributed by atoms with Crippen molar-refractivity contribution >= 4 is 17.7 Å². The van der Waals surface area contributed by atoms with Gasteiger partial charge in [0, 0.05) is 11.4 Å². The van der Waals surface area contributed by atoms with Crippen LogP contribution in [0.5, 0.6) is 0 Å². The topological polar surface area (TPSA) is 49.3 Å². The van der Waals surface area contributed by atoms with Crippen molar-refractivity contribution in [3.05, 3.63) is 23.3 Å². The number of carboxylic acid groups (broad SMARTS) is 1. The van der Waals surface area contributed by atoms with E-state index in [4.69, 9.17) is 5.11 Å². The van der Waals surface area contributed by atoms with Crippen LogP contribution in [0, 0.1) is 0 Å². The molecule has 3 nitrogen and oxygen atoms in total. The third-order valence-corrected chi connectivity index (χ3v) is 2.18. The van der Waals surface area contributed by atoms with Crippen LogP contribution < -0.4 is 5.32 Å². The lowest BCUT2D eigenvalue weighted by Crippen LogP contribution is -2.08. The molecule has 0 saturated carbocycles. The van der Waals surface area contributed by atoms with Gasteiger partial charge in [0.15, 0.2) is 0 Å². The molecular formula is C7H9NO2S. The molecule has 0 fully saturated rings. The van der Waals surface area contributed by atoms with E-state index in [9.17, 15) is 4.79 Å². The Kier molecular flexibility index (Phi) is 3.04. The lowest BCUT2D eigenvalue weighted by atomic mass is 10.4. The van der Waals surface area contributed by atoms with Gasteiger partial charge in [0.05, 0.1) is 5.75 Å². The van der Waals surface area contributed by atoms with E-state index in [1.165, 1.54) is 11.8 Å². The molecule has 60 valence electrons. The molecule has 11 heavy (non-hydrogen) atoms. The monoisotopic (exact) mass is 171 g/mol. The molecule has 0 saturated heterocycles. The zero-order chi connectivity index (χ0) is 8.10. The normalized spacial score (nSPS) is 15.5. The van der Waals surface area contributed by atoms with E-state index in [-0.39, 0.29) is 5.75 Å². The Morgan fingerprint density at radius 3 is 3.18 bits per heavy atom. The van der Waals surface area contributed by atoms with Gasteiger partial charge in [-0.15, -0.1) is 11.8 Å². The zero-order valence-electron chi connectivity index (χ0n) is 5.91. The highest BCUT2D eigenvalue weighted by Crippen LogP contribution is 2.17. The molecule has 0 bridgehead atoms. The van der Waals surface area contributed by atoms with Crippen LogP contribution in [0.1, 0.15) is 0 Å². The second-order valence-electron chi connectivity index (χ2n) is 2.03. The van der Waals surface area contributed by atoms with E-state index >= 15 is 0 Å². The van der Waals surface area contributed by atoms with Crippen LogP contribution in [0.15, 0.2) is 23.3 Å². The summed E-state index contributed by atoms with van der Waals surface area (Å²) in [6.07, 6.45) is 5.66. The number of carbonyl (C=O) groups is 1. The van der Waals surface area contributed by atoms with E-state index in [0.29, 0.717) is 0 Å². The largest absolute Gasteiger partial charge is 0.481 e. The van der Waals surface area contributed by atoms with Gasteiger partial charge < -0.3 is 10.4 Å². The van der Waals surface area contributed by atoms with Gasteiger partial charge in [-0.05, 0) is 12.3 Å². The second kappa shape index (κ2) is 4.08. The Hall–Kier alpha value is -0.900. The number of hydrogen-bond acceptors (Lipinski definition) is 3. The summed E-state index contributed by atoms with van der Waals surface area (Å²) in [5, 5.41) is 11.3. The summed E-state index contributed by atoms with van der Waals surface area (Å²) < 4.78 is 0. The molecule has 0 aliphatic carbocycles. The smallest absolute Gasteiger partial charge is 0.313 e. The highest BCUT2D eigenvalue weighted by Gasteiger charge is 2.00. The van der Waals surface area contributed by atoms with Crippen LogP contribution in [-0.4, -0.2) is 23.4 Å². The molecule has 0 unspecified atom stereocenters. The quantitative estimate of drug-likeness (QED) is 0.659. The molecule has 1 heterocycles. The maximum atomic E-state index is 10.2. The lowest BCUT2D eigenvalue weighted by Gasteiger charge is -2.05. The van der Waals surface area contributed by atoms with E-state index in [1.807, 2.05) is 18.4 Å². The van der Waals surface area contributed by atoms with Crippen molar-refractivity contribution in [2.24, 2.45) is 0 Å². The standard InChI is InChI=1S/C7H9NO2S/c9-7(10)5-11-6-1-3-8-4-2-6/h1-3,8H,4-5H2,(H,9,10). The molecule has 0 aromatic carbocycles. The first kappa shape index (κ1) is 8.20. The second-order valence-corrected chi connectivity index (χ2v) is 3.08. The molecule has 0 aromatic rings. The highest BCUT2D eigenvalue weighted by atomic mass is 32.2. The number of hydrogen-bond donors (Lipinski definition) is 2. The molecule has 0 spiro atoms. The van der Waals surface area contributed by atoms with E-state index < -0.39 is 5.97 Å². The SMILES string of the molecule is O=C(O)CSC1=CCNC=C1. The summed E-state index contributed by atoms with van der Waals surface area (Å²) in [5.41, 5.74) is 0. The molecule has 0 amide bonds. The van der Waals surface area contributed by atoms with Crippen LogP contribution in [-0.2, 0) is 4.79 Å². The van der Waals surface area contributed by atoms with Gasteiger partial charge in [0.2, 0.25) is 0 Å². The van der Waals surface area contributed by atoms with Crippen LogP contribution in [0.2, 0.25) is 0 Å². The Bertz CT molecular complexity index is 210. The predicted octanol–water partition coefficient (Wildman–Crippen LogP) is 0.805. The third-order valence-electron chi connectivity index (χ3n) is 1.15. The van der Waals surface area contributed by atoms with E-state index in [0.717, 1.165) is 11.4 Å². The summed E-state index contributed by atoms with van der Waals surface area (Å²) in [6, 6.07) is 0. The summed E-state index contributed by atoms with van der Waals surface area (Å²) in [7, 11) is 0. The van der Waals surface area contributed by atoms with Gasteiger partial charge >= 0.3 is 5.97 Å². The Morgan fingerprint density at radius 1 is 1.82 bits per heavy atom. The van der Waals surface area contributed by atoms with Crippen molar-refractivity contribution in [2.45, 2.75) is 0 Å². The highest BCUT2D eigenvalue weighted by molar-refractivity contribution is 8.03. The average Bonchev–Trinajstić information content (AvgIpc) is 2.03. The van der Waals surface area contributed by atoms with Crippen LogP contribution in [0.4, 0.5) is 0 Å². The van der Waals surface area contributed by atoms with Gasteiger partial charge in [-0.1, -0.05) is 6.08 Å². The first-order valence-electron chi connectivity index (χ1n) is 3.24. The molecule has 0 aromatic heterocycles. The van der Waals surface area contributed by atoms with E-state index in [2.05, 4.69) is 5.32 Å². The summed E-state index contributed by atoms with van der Waals surface area (Å²) in [5.74, 6) is -0.640. The number of rotatable bonds is 3. The molecule has 1 aliphatic heterocycles. The minimum absolute atomic E-state index is 0.135. The first-order chi connectivity index (χ1) is 5.29. The number of carboxylic acids is 1. The molecular weight excluding hydrogens is 162 g/mol. The minimum Gasteiger partial charge on any atom is -0.481 e. The molecule has 0 radical (unpaired) electrons. The molecule has 1 aliphatic rings. The maximum Gasteiger partial charge on any atom is 0.313 e. The van der Waals surface area contributed by atoms with Gasteiger partial charge in [0.1, 0.15) is 0 Å². The number of allylic oxidation sites excluding steroid dienone is 1. The van der Waals surface area contributed by atoms with Gasteiger partial charge in [-0.25, -0.2) is 0 Å². The lowest BCUT2D eigenvalue weighted by molar-refractivity contribution is -0.133. The summed E-state index contributed by atoms with van der Waals surface area (Å²) >= 11 is 1.34. The number of thioether (sulfide) groups is 1. The van der Waals surface area contributed by atoms with Crippen molar-refractivity contribution in [1.29, 1.82) is 0 Å². The van der Waals surface area contributed by atoms with E-state index in [1.54, 1.807) is 0 Å². The Morgan fingerprint density at radius 2 is 2.64 bits per heavy atom. The minimum atomic E-state index is -0.775. The summed E-state index contributed by atoms with van der Waals surface area (Å²) in [6.45, 7) is 0.790. The first-order valence-corrected chi connectivity index (χ1v) is 4.22. The van der Waals surface area contributed by atoms with Crippen LogP contribution in [0.3, 0.4) is 0 Å². The third kappa shape index (κ3) is 3.13. The zero-order valence-corrected chi connectivity index (χ0v) is 6.73. The van der Waals surface area contributed by atoms with Crippen molar-refractivity contribution in [3.63, 3.8) is 0 Å². The maximum absolute atomic E-state index is 10.2. The van der Waals surface area contributed by atoms with Crippen molar-refractivity contribution in [3.8, 4) is 0 Å². The fourth-order valence-corrected chi connectivity index (χ4v) is 1.34. The molecule has 4 heteroatoms. The predicted molar refractivity (Wildman–Crippen MR) is 45.3 cm³/mol. The fraction of sp³-hybridized carbons (Fsp3) is 0.286. The number of nitrogens with one attached hydrogen (secondary N) is 1. The van der Waals surface area contributed by atoms with Crippen molar-refractivity contribution in [2.75, 3.05) is 12.3 Å². The van der Waals surface area contributed by atoms with Crippen LogP contribution >= 0.6 is 11.8 Å². The van der Waals surface area contributed by atoms with Crippen molar-refractivity contribution < 1.29 is 9.90 Å². The van der Waals surface area contributed by atoms with Crippen molar-refractivity contribution in [1.82, 2.24) is 5.32 Å². The Labute approximate surface area is 69.2 Å². The number of dihydropyridines is 1. The van der Waals surface area contributed by atoms with Gasteiger partial charge in [0.25, 0.3) is 0 Å². The summed E-state index contributed by atoms with van der Waals surface area (Å²) in [4.78, 5) is 11.2.